The number of aryl methyl sites for hydroxylation is 1. The summed E-state index contributed by atoms with van der Waals surface area (Å²) < 4.78 is 0. The van der Waals surface area contributed by atoms with Gasteiger partial charge >= 0.3 is 0 Å². The summed E-state index contributed by atoms with van der Waals surface area (Å²) >= 11 is 1.77. The first-order valence-corrected chi connectivity index (χ1v) is 7.84. The van der Waals surface area contributed by atoms with Crippen LogP contribution in [-0.4, -0.2) is 12.0 Å². The molecule has 102 valence electrons. The molecule has 3 heteroatoms. The summed E-state index contributed by atoms with van der Waals surface area (Å²) in [6.07, 6.45) is 4.06. The largest absolute Gasteiger partial charge is 0.313 e. The highest BCUT2D eigenvalue weighted by Gasteiger charge is 2.10. The van der Waals surface area contributed by atoms with Crippen molar-refractivity contribution in [1.29, 1.82) is 0 Å². The number of pyridine rings is 1. The van der Waals surface area contributed by atoms with Gasteiger partial charge in [-0.25, -0.2) is 0 Å². The van der Waals surface area contributed by atoms with Crippen molar-refractivity contribution in [1.82, 2.24) is 10.3 Å². The average Bonchev–Trinajstić information content (AvgIpc) is 3.01. The number of hydrogen-bond donors (Lipinski definition) is 1. The Morgan fingerprint density at radius 3 is 3.00 bits per heavy atom. The Kier molecular flexibility index (Phi) is 4.09. The number of nitrogens with one attached hydrogen (secondary N) is 1. The van der Waals surface area contributed by atoms with E-state index in [0.717, 1.165) is 18.4 Å². The summed E-state index contributed by atoms with van der Waals surface area (Å²) in [5.41, 5.74) is 3.82. The maximum Gasteiger partial charge on any atom is 0.0702 e. The predicted octanol–water partition coefficient (Wildman–Crippen LogP) is 4.19. The van der Waals surface area contributed by atoms with Crippen molar-refractivity contribution in [3.05, 3.63) is 64.5 Å². The molecule has 1 N–H and O–H groups in total. The maximum absolute atomic E-state index is 4.38. The lowest BCUT2D eigenvalue weighted by Gasteiger charge is -2.17. The maximum atomic E-state index is 4.38. The van der Waals surface area contributed by atoms with Crippen LogP contribution in [0.25, 0.3) is 10.9 Å². The predicted molar refractivity (Wildman–Crippen MR) is 86.2 cm³/mol. The van der Waals surface area contributed by atoms with Crippen LogP contribution in [0.2, 0.25) is 0 Å². The second-order valence-corrected chi connectivity index (χ2v) is 5.75. The fourth-order valence-corrected chi connectivity index (χ4v) is 3.24. The molecule has 0 saturated carbocycles. The van der Waals surface area contributed by atoms with Crippen molar-refractivity contribution < 1.29 is 0 Å². The highest BCUT2D eigenvalue weighted by molar-refractivity contribution is 7.07. The number of benzene rings is 1. The number of hydrogen-bond acceptors (Lipinski definition) is 3. The number of thiophene rings is 1. The van der Waals surface area contributed by atoms with Crippen LogP contribution in [0.5, 0.6) is 0 Å². The van der Waals surface area contributed by atoms with Gasteiger partial charge in [0.05, 0.1) is 5.52 Å². The third kappa shape index (κ3) is 2.89. The molecule has 0 aliphatic rings. The molecule has 0 aliphatic heterocycles. The van der Waals surface area contributed by atoms with Crippen molar-refractivity contribution in [2.45, 2.75) is 18.9 Å². The lowest BCUT2D eigenvalue weighted by molar-refractivity contribution is 0.550. The van der Waals surface area contributed by atoms with Gasteiger partial charge in [-0.1, -0.05) is 12.1 Å². The summed E-state index contributed by atoms with van der Waals surface area (Å²) in [7, 11) is 2.03. The van der Waals surface area contributed by atoms with Gasteiger partial charge in [-0.2, -0.15) is 11.3 Å². The molecule has 20 heavy (non-hydrogen) atoms. The van der Waals surface area contributed by atoms with E-state index in [1.54, 1.807) is 11.3 Å². The van der Waals surface area contributed by atoms with Crippen LogP contribution < -0.4 is 5.32 Å². The topological polar surface area (TPSA) is 24.9 Å². The fraction of sp³-hybridized carbons (Fsp3) is 0.235. The Balaban J connectivity index is 1.79. The van der Waals surface area contributed by atoms with Gasteiger partial charge in [0.25, 0.3) is 0 Å². The summed E-state index contributed by atoms with van der Waals surface area (Å²) in [6, 6.07) is 13.3. The standard InChI is InChI=1S/C17H18N2S/c1-18-16(6-4-13-8-10-20-12-13)15-5-7-17-14(11-15)3-2-9-19-17/h2-3,5,7-12,16,18H,4,6H2,1H3. The molecule has 1 unspecified atom stereocenters. The zero-order valence-corrected chi connectivity index (χ0v) is 12.4. The van der Waals surface area contributed by atoms with Gasteiger partial charge in [-0.05, 0) is 66.0 Å². The minimum Gasteiger partial charge on any atom is -0.313 e. The summed E-state index contributed by atoms with van der Waals surface area (Å²) in [5, 5.41) is 9.01. The SMILES string of the molecule is CNC(CCc1ccsc1)c1ccc2ncccc2c1. The van der Waals surface area contributed by atoms with Crippen molar-refractivity contribution in [3.63, 3.8) is 0 Å². The Bertz CT molecular complexity index is 676. The van der Waals surface area contributed by atoms with Gasteiger partial charge in [0, 0.05) is 17.6 Å². The molecule has 2 aromatic heterocycles. The molecule has 0 saturated heterocycles. The lowest BCUT2D eigenvalue weighted by atomic mass is 9.98. The Labute approximate surface area is 123 Å². The number of rotatable bonds is 5. The Hall–Kier alpha value is -1.71. The summed E-state index contributed by atoms with van der Waals surface area (Å²) in [4.78, 5) is 4.38. The van der Waals surface area contributed by atoms with E-state index in [9.17, 15) is 0 Å². The molecule has 3 aromatic rings. The molecule has 3 rings (SSSR count). The third-order valence-corrected chi connectivity index (χ3v) is 4.41. The molecular weight excluding hydrogens is 264 g/mol. The van der Waals surface area contributed by atoms with E-state index >= 15 is 0 Å². The minimum absolute atomic E-state index is 0.388. The molecule has 0 fully saturated rings. The van der Waals surface area contributed by atoms with E-state index in [1.165, 1.54) is 16.5 Å². The molecule has 1 aromatic carbocycles. The molecule has 0 amide bonds. The van der Waals surface area contributed by atoms with Gasteiger partial charge < -0.3 is 5.32 Å². The van der Waals surface area contributed by atoms with Crippen molar-refractivity contribution >= 4 is 22.2 Å². The van der Waals surface area contributed by atoms with E-state index in [4.69, 9.17) is 0 Å². The zero-order valence-electron chi connectivity index (χ0n) is 11.5. The number of fused-ring (bicyclic) bond motifs is 1. The molecule has 0 spiro atoms. The van der Waals surface area contributed by atoms with Crippen LogP contribution in [0.4, 0.5) is 0 Å². The van der Waals surface area contributed by atoms with Crippen LogP contribution in [0.1, 0.15) is 23.6 Å². The van der Waals surface area contributed by atoms with Crippen LogP contribution in [0.3, 0.4) is 0 Å². The minimum atomic E-state index is 0.388. The number of nitrogens with zero attached hydrogens (tertiary/aromatic N) is 1. The first-order chi connectivity index (χ1) is 9.86. The molecular formula is C17H18N2S. The highest BCUT2D eigenvalue weighted by Crippen LogP contribution is 2.23. The monoisotopic (exact) mass is 282 g/mol. The van der Waals surface area contributed by atoms with Gasteiger partial charge in [-0.15, -0.1) is 0 Å². The molecule has 0 radical (unpaired) electrons. The molecule has 0 aliphatic carbocycles. The van der Waals surface area contributed by atoms with Crippen molar-refractivity contribution in [2.75, 3.05) is 7.05 Å². The summed E-state index contributed by atoms with van der Waals surface area (Å²) in [6.45, 7) is 0. The van der Waals surface area contributed by atoms with Crippen molar-refractivity contribution in [2.24, 2.45) is 0 Å². The van der Waals surface area contributed by atoms with E-state index in [2.05, 4.69) is 51.4 Å². The van der Waals surface area contributed by atoms with Crippen LogP contribution in [0, 0.1) is 0 Å². The van der Waals surface area contributed by atoms with E-state index in [1.807, 2.05) is 19.3 Å². The van der Waals surface area contributed by atoms with Crippen molar-refractivity contribution in [3.8, 4) is 0 Å². The molecule has 0 bridgehead atoms. The van der Waals surface area contributed by atoms with Gasteiger partial charge in [0.15, 0.2) is 0 Å². The van der Waals surface area contributed by atoms with Crippen LogP contribution in [0.15, 0.2) is 53.4 Å². The van der Waals surface area contributed by atoms with E-state index in [-0.39, 0.29) is 0 Å². The van der Waals surface area contributed by atoms with E-state index < -0.39 is 0 Å². The van der Waals surface area contributed by atoms with Crippen LogP contribution in [-0.2, 0) is 6.42 Å². The molecule has 1 atom stereocenters. The second kappa shape index (κ2) is 6.16. The smallest absolute Gasteiger partial charge is 0.0702 e. The summed E-state index contributed by atoms with van der Waals surface area (Å²) in [5.74, 6) is 0. The Morgan fingerprint density at radius 2 is 2.20 bits per heavy atom. The van der Waals surface area contributed by atoms with E-state index in [0.29, 0.717) is 6.04 Å². The normalized spacial score (nSPS) is 12.7. The van der Waals surface area contributed by atoms with Gasteiger partial charge in [-0.3, -0.25) is 4.98 Å². The first kappa shape index (κ1) is 13.3. The second-order valence-electron chi connectivity index (χ2n) is 4.97. The third-order valence-electron chi connectivity index (χ3n) is 3.68. The zero-order chi connectivity index (χ0) is 13.8. The fourth-order valence-electron chi connectivity index (χ4n) is 2.53. The lowest BCUT2D eigenvalue weighted by Crippen LogP contribution is -2.17. The average molecular weight is 282 g/mol. The van der Waals surface area contributed by atoms with Crippen LogP contribution >= 0.6 is 11.3 Å². The molecule has 2 nitrogen and oxygen atoms in total. The number of aromatic nitrogens is 1. The molecule has 2 heterocycles. The highest BCUT2D eigenvalue weighted by atomic mass is 32.1. The Morgan fingerprint density at radius 1 is 1.25 bits per heavy atom. The first-order valence-electron chi connectivity index (χ1n) is 6.90. The van der Waals surface area contributed by atoms with Gasteiger partial charge in [0.2, 0.25) is 0 Å². The quantitative estimate of drug-likeness (QED) is 0.759. The van der Waals surface area contributed by atoms with Gasteiger partial charge in [0.1, 0.15) is 0 Å².